The minimum absolute atomic E-state index is 0.0807. The van der Waals surface area contributed by atoms with Gasteiger partial charge in [0.2, 0.25) is 5.91 Å². The average molecular weight is 510 g/mol. The van der Waals surface area contributed by atoms with E-state index in [0.717, 1.165) is 15.5 Å². The fraction of sp³-hybridized carbons (Fsp3) is 0.160. The summed E-state index contributed by atoms with van der Waals surface area (Å²) in [6.07, 6.45) is 0.654. The van der Waals surface area contributed by atoms with Gasteiger partial charge in [0.1, 0.15) is 5.75 Å². The first-order chi connectivity index (χ1) is 16.6. The first-order valence-electron chi connectivity index (χ1n) is 10.7. The molecule has 0 saturated carbocycles. The van der Waals surface area contributed by atoms with Crippen molar-refractivity contribution in [2.24, 2.45) is 0 Å². The number of amides is 2. The minimum atomic E-state index is -0.290. The number of ether oxygens (including phenoxy) is 1. The topological polar surface area (TPSA) is 80.3 Å². The quantitative estimate of drug-likeness (QED) is 0.242. The van der Waals surface area contributed by atoms with E-state index in [1.807, 2.05) is 72.3 Å². The third-order valence-electron chi connectivity index (χ3n) is 4.68. The Kier molecular flexibility index (Phi) is 8.35. The molecule has 0 spiro atoms. The Morgan fingerprint density at radius 3 is 2.65 bits per heavy atom. The number of hydrogen-bond acceptors (Lipinski definition) is 7. The van der Waals surface area contributed by atoms with E-state index in [-0.39, 0.29) is 23.7 Å². The van der Waals surface area contributed by atoms with Gasteiger partial charge in [-0.05, 0) is 48.2 Å². The van der Waals surface area contributed by atoms with Gasteiger partial charge in [0.15, 0.2) is 11.7 Å². The molecule has 34 heavy (non-hydrogen) atoms. The zero-order valence-corrected chi connectivity index (χ0v) is 20.8. The monoisotopic (exact) mass is 509 g/mol. The summed E-state index contributed by atoms with van der Waals surface area (Å²) >= 11 is 4.49. The number of benzene rings is 2. The lowest BCUT2D eigenvalue weighted by Gasteiger charge is -2.14. The molecule has 2 N–H and O–H groups in total. The standard InChI is InChI=1S/C25H23N3O3S3/c1-2-21(24(30)28-25-27-20(16-33-25)22-12-7-13-32-22)34-19-11-6-8-17(14-19)26-23(29)15-31-18-9-4-3-5-10-18/h3-14,16,21H,2,15H2,1H3,(H,26,29)(H,27,28,30). The van der Waals surface area contributed by atoms with Gasteiger partial charge in [0.25, 0.3) is 5.91 Å². The lowest BCUT2D eigenvalue weighted by molar-refractivity contribution is -0.118. The third kappa shape index (κ3) is 6.69. The highest BCUT2D eigenvalue weighted by molar-refractivity contribution is 8.00. The van der Waals surface area contributed by atoms with E-state index in [0.29, 0.717) is 23.0 Å². The van der Waals surface area contributed by atoms with E-state index in [9.17, 15) is 9.59 Å². The SMILES string of the molecule is CCC(Sc1cccc(NC(=O)COc2ccccc2)c1)C(=O)Nc1nc(-c2cccs2)cs1. The Labute approximate surface area is 210 Å². The van der Waals surface area contributed by atoms with Crippen molar-refractivity contribution >= 4 is 57.1 Å². The number of hydrogen-bond donors (Lipinski definition) is 2. The van der Waals surface area contributed by atoms with Crippen LogP contribution >= 0.6 is 34.4 Å². The number of anilines is 2. The number of nitrogens with one attached hydrogen (secondary N) is 2. The van der Waals surface area contributed by atoms with E-state index >= 15 is 0 Å². The maximum atomic E-state index is 12.9. The summed E-state index contributed by atoms with van der Waals surface area (Å²) in [5, 5.41) is 10.0. The van der Waals surface area contributed by atoms with Crippen LogP contribution in [0.15, 0.2) is 82.4 Å². The van der Waals surface area contributed by atoms with Crippen molar-refractivity contribution in [2.75, 3.05) is 17.2 Å². The van der Waals surface area contributed by atoms with Crippen LogP contribution in [-0.2, 0) is 9.59 Å². The highest BCUT2D eigenvalue weighted by Gasteiger charge is 2.20. The van der Waals surface area contributed by atoms with Gasteiger partial charge in [0, 0.05) is 16.0 Å². The van der Waals surface area contributed by atoms with Crippen LogP contribution in [-0.4, -0.2) is 28.7 Å². The molecule has 0 aliphatic heterocycles. The molecule has 2 heterocycles. The van der Waals surface area contributed by atoms with E-state index in [2.05, 4.69) is 15.6 Å². The normalized spacial score (nSPS) is 11.6. The highest BCUT2D eigenvalue weighted by Crippen LogP contribution is 2.31. The van der Waals surface area contributed by atoms with E-state index in [4.69, 9.17) is 4.74 Å². The molecule has 0 fully saturated rings. The van der Waals surface area contributed by atoms with Crippen molar-refractivity contribution in [1.82, 2.24) is 4.98 Å². The molecule has 0 saturated heterocycles. The summed E-state index contributed by atoms with van der Waals surface area (Å²) in [5.74, 6) is 0.299. The lowest BCUT2D eigenvalue weighted by atomic mass is 10.3. The van der Waals surface area contributed by atoms with Gasteiger partial charge in [-0.1, -0.05) is 37.3 Å². The molecule has 0 aliphatic carbocycles. The zero-order valence-electron chi connectivity index (χ0n) is 18.4. The summed E-state index contributed by atoms with van der Waals surface area (Å²) in [5.41, 5.74) is 1.53. The van der Waals surface area contributed by atoms with Gasteiger partial charge >= 0.3 is 0 Å². The first-order valence-corrected chi connectivity index (χ1v) is 13.3. The zero-order chi connectivity index (χ0) is 23.8. The van der Waals surface area contributed by atoms with E-state index in [1.165, 1.54) is 23.1 Å². The molecule has 2 aromatic heterocycles. The molecule has 0 bridgehead atoms. The number of thiazole rings is 1. The fourth-order valence-corrected chi connectivity index (χ4v) is 5.54. The Morgan fingerprint density at radius 2 is 1.88 bits per heavy atom. The lowest BCUT2D eigenvalue weighted by Crippen LogP contribution is -2.24. The number of carbonyl (C=O) groups is 2. The molecule has 1 atom stereocenters. The number of thioether (sulfide) groups is 1. The van der Waals surface area contributed by atoms with E-state index < -0.39 is 0 Å². The molecule has 1 unspecified atom stereocenters. The number of nitrogens with zero attached hydrogens (tertiary/aromatic N) is 1. The van der Waals surface area contributed by atoms with Crippen molar-refractivity contribution in [1.29, 1.82) is 0 Å². The molecule has 2 aromatic carbocycles. The van der Waals surface area contributed by atoms with Crippen LogP contribution in [0.5, 0.6) is 5.75 Å². The molecule has 0 radical (unpaired) electrons. The van der Waals surface area contributed by atoms with Gasteiger partial charge in [-0.3, -0.25) is 9.59 Å². The fourth-order valence-electron chi connectivity index (χ4n) is 3.05. The predicted octanol–water partition coefficient (Wildman–Crippen LogP) is 6.40. The van der Waals surface area contributed by atoms with Crippen LogP contribution in [0.25, 0.3) is 10.6 Å². The molecule has 9 heteroatoms. The Balaban J connectivity index is 1.32. The number of rotatable bonds is 10. The molecule has 2 amide bonds. The smallest absolute Gasteiger partial charge is 0.262 e. The van der Waals surface area contributed by atoms with Crippen LogP contribution in [0, 0.1) is 0 Å². The average Bonchev–Trinajstić information content (AvgIpc) is 3.54. The van der Waals surface area contributed by atoms with Gasteiger partial charge < -0.3 is 15.4 Å². The van der Waals surface area contributed by atoms with Crippen LogP contribution in [0.2, 0.25) is 0 Å². The molecule has 4 aromatic rings. The number of para-hydroxylation sites is 1. The van der Waals surface area contributed by atoms with E-state index in [1.54, 1.807) is 23.5 Å². The second-order valence-electron chi connectivity index (χ2n) is 7.20. The van der Waals surface area contributed by atoms with Crippen LogP contribution in [0.1, 0.15) is 13.3 Å². The van der Waals surface area contributed by atoms with Crippen LogP contribution in [0.3, 0.4) is 0 Å². The van der Waals surface area contributed by atoms with Gasteiger partial charge in [-0.2, -0.15) is 0 Å². The van der Waals surface area contributed by atoms with Gasteiger partial charge in [-0.15, -0.1) is 34.4 Å². The largest absolute Gasteiger partial charge is 0.484 e. The second kappa shape index (κ2) is 11.8. The van der Waals surface area contributed by atoms with Crippen molar-refractivity contribution in [3.05, 3.63) is 77.5 Å². The Morgan fingerprint density at radius 1 is 1.03 bits per heavy atom. The number of aromatic nitrogens is 1. The molecular formula is C25H23N3O3S3. The molecule has 0 aliphatic rings. The Hall–Kier alpha value is -3.14. The maximum Gasteiger partial charge on any atom is 0.262 e. The summed E-state index contributed by atoms with van der Waals surface area (Å²) in [7, 11) is 0. The van der Waals surface area contributed by atoms with Crippen molar-refractivity contribution in [3.8, 4) is 16.3 Å². The Bertz CT molecular complexity index is 1230. The summed E-state index contributed by atoms with van der Waals surface area (Å²) in [6.45, 7) is 1.89. The maximum absolute atomic E-state index is 12.9. The van der Waals surface area contributed by atoms with Crippen LogP contribution in [0.4, 0.5) is 10.8 Å². The molecule has 6 nitrogen and oxygen atoms in total. The number of thiophene rings is 1. The third-order valence-corrected chi connectivity index (χ3v) is 7.69. The van der Waals surface area contributed by atoms with Crippen molar-refractivity contribution in [2.45, 2.75) is 23.5 Å². The number of carbonyl (C=O) groups excluding carboxylic acids is 2. The van der Waals surface area contributed by atoms with Gasteiger partial charge in [0.05, 0.1) is 15.8 Å². The predicted molar refractivity (Wildman–Crippen MR) is 141 cm³/mol. The van der Waals surface area contributed by atoms with Crippen molar-refractivity contribution in [3.63, 3.8) is 0 Å². The van der Waals surface area contributed by atoms with Gasteiger partial charge in [-0.25, -0.2) is 4.98 Å². The summed E-state index contributed by atoms with van der Waals surface area (Å²) in [4.78, 5) is 31.6. The molecule has 4 rings (SSSR count). The second-order valence-corrected chi connectivity index (χ2v) is 10.3. The highest BCUT2D eigenvalue weighted by atomic mass is 32.2. The summed E-state index contributed by atoms with van der Waals surface area (Å²) in [6, 6.07) is 20.6. The molecule has 174 valence electrons. The first kappa shape index (κ1) is 24.0. The van der Waals surface area contributed by atoms with Crippen molar-refractivity contribution < 1.29 is 14.3 Å². The molecular weight excluding hydrogens is 486 g/mol. The van der Waals surface area contributed by atoms with Crippen LogP contribution < -0.4 is 15.4 Å². The minimum Gasteiger partial charge on any atom is -0.484 e. The summed E-state index contributed by atoms with van der Waals surface area (Å²) < 4.78 is 5.49.